The molecule has 0 aliphatic heterocycles. The van der Waals surface area contributed by atoms with Crippen LogP contribution in [-0.2, 0) is 0 Å². The molecule has 1 N–H and O–H groups in total. The number of nitrogens with zero attached hydrogens (tertiary/aromatic N) is 3. The molecule has 0 aliphatic rings. The van der Waals surface area contributed by atoms with Crippen LogP contribution in [0, 0.1) is 5.82 Å². The van der Waals surface area contributed by atoms with E-state index in [1.54, 1.807) is 28.8 Å². The summed E-state index contributed by atoms with van der Waals surface area (Å²) in [5.74, 6) is -1.00. The van der Waals surface area contributed by atoms with Crippen molar-refractivity contribution in [2.75, 3.05) is 0 Å². The summed E-state index contributed by atoms with van der Waals surface area (Å²) in [4.78, 5) is 11.4. The molecule has 0 spiro atoms. The topological polar surface area (TPSA) is 68.0 Å². The van der Waals surface area contributed by atoms with E-state index in [-0.39, 0.29) is 10.8 Å². The molecule has 0 unspecified atom stereocenters. The first-order valence-electron chi connectivity index (χ1n) is 12.1. The van der Waals surface area contributed by atoms with Crippen molar-refractivity contribution in [3.05, 3.63) is 130 Å². The normalized spacial score (nSPS) is 10.7. The van der Waals surface area contributed by atoms with Crippen LogP contribution in [0.3, 0.4) is 0 Å². The number of carboxylic acids is 1. The van der Waals surface area contributed by atoms with E-state index >= 15 is 0 Å². The fraction of sp³-hybridized carbons (Fsp3) is 0.100. The van der Waals surface area contributed by atoms with Gasteiger partial charge in [0, 0.05) is 21.3 Å². The summed E-state index contributed by atoms with van der Waals surface area (Å²) >= 11 is 13.7. The maximum absolute atomic E-state index is 14.1. The van der Waals surface area contributed by atoms with E-state index in [1.807, 2.05) is 62.4 Å². The second kappa shape index (κ2) is 12.9. The molecular weight excluding hydrogens is 556 g/mol. The molecule has 9 heteroatoms. The molecule has 0 fully saturated rings. The Labute approximate surface area is 240 Å². The molecule has 4 aromatic carbocycles. The Bertz CT molecular complexity index is 1510. The van der Waals surface area contributed by atoms with Crippen LogP contribution in [0.2, 0.25) is 10.0 Å². The van der Waals surface area contributed by atoms with Gasteiger partial charge in [0.15, 0.2) is 11.0 Å². The highest BCUT2D eigenvalue weighted by Gasteiger charge is 2.23. The van der Waals surface area contributed by atoms with Crippen LogP contribution in [0.25, 0.3) is 17.1 Å². The third-order valence-corrected chi connectivity index (χ3v) is 7.42. The first-order chi connectivity index (χ1) is 18.9. The molecule has 0 atom stereocenters. The number of hydrogen-bond donors (Lipinski definition) is 1. The highest BCUT2D eigenvalue weighted by Crippen LogP contribution is 2.42. The largest absolute Gasteiger partial charge is 0.478 e. The van der Waals surface area contributed by atoms with Gasteiger partial charge in [-0.3, -0.25) is 4.57 Å². The van der Waals surface area contributed by atoms with Crippen molar-refractivity contribution < 1.29 is 14.3 Å². The molecule has 1 aromatic heterocycles. The number of thioether (sulfide) groups is 1. The minimum absolute atomic E-state index is 0.151. The van der Waals surface area contributed by atoms with Crippen LogP contribution >= 0.6 is 35.0 Å². The summed E-state index contributed by atoms with van der Waals surface area (Å²) in [6.07, 6.45) is 0. The van der Waals surface area contributed by atoms with Gasteiger partial charge < -0.3 is 5.11 Å². The van der Waals surface area contributed by atoms with Crippen molar-refractivity contribution in [3.8, 4) is 17.1 Å². The van der Waals surface area contributed by atoms with Crippen LogP contribution in [0.4, 0.5) is 4.39 Å². The van der Waals surface area contributed by atoms with Crippen molar-refractivity contribution in [3.63, 3.8) is 0 Å². The van der Waals surface area contributed by atoms with Crippen LogP contribution in [0.5, 0.6) is 0 Å². The van der Waals surface area contributed by atoms with Gasteiger partial charge in [0.05, 0.1) is 10.8 Å². The third-order valence-electron chi connectivity index (χ3n) is 5.66. The standard InChI is InChI=1S/C28H18Cl2FN3O2S.C2H6/c29-21-10-4-17(5-11-21)25(18-6-12-22(30)13-7-18)37-28-33-32-26(20-2-1-3-23(31)16-20)34(28)24-14-8-19(9-15-24)27(35)36;1-2/h1-16,25H,(H,35,36);1-2H3. The van der Waals surface area contributed by atoms with E-state index in [9.17, 15) is 14.3 Å². The number of benzene rings is 4. The molecular formula is C30H24Cl2FN3O2S. The van der Waals surface area contributed by atoms with Crippen molar-refractivity contribution in [1.29, 1.82) is 0 Å². The molecule has 5 rings (SSSR count). The number of halogens is 3. The number of aromatic carboxylic acids is 1. The molecule has 0 amide bonds. The third kappa shape index (κ3) is 6.68. The van der Waals surface area contributed by atoms with Gasteiger partial charge in [-0.2, -0.15) is 0 Å². The molecule has 0 saturated heterocycles. The average Bonchev–Trinajstić information content (AvgIpc) is 3.38. The highest BCUT2D eigenvalue weighted by molar-refractivity contribution is 7.99. The summed E-state index contributed by atoms with van der Waals surface area (Å²) in [6, 6.07) is 27.6. The zero-order valence-electron chi connectivity index (χ0n) is 21.1. The van der Waals surface area contributed by atoms with E-state index in [0.29, 0.717) is 32.3 Å². The average molecular weight is 581 g/mol. The lowest BCUT2D eigenvalue weighted by molar-refractivity contribution is 0.0697. The molecule has 5 aromatic rings. The van der Waals surface area contributed by atoms with Crippen LogP contribution < -0.4 is 0 Å². The van der Waals surface area contributed by atoms with Gasteiger partial charge in [-0.25, -0.2) is 9.18 Å². The maximum atomic E-state index is 14.1. The quantitative estimate of drug-likeness (QED) is 0.195. The summed E-state index contributed by atoms with van der Waals surface area (Å²) in [5.41, 5.74) is 3.30. The lowest BCUT2D eigenvalue weighted by atomic mass is 10.0. The summed E-state index contributed by atoms with van der Waals surface area (Å²) in [6.45, 7) is 4.00. The molecule has 0 bridgehead atoms. The Morgan fingerprint density at radius 3 is 1.92 bits per heavy atom. The van der Waals surface area contributed by atoms with E-state index in [0.717, 1.165) is 11.1 Å². The first-order valence-corrected chi connectivity index (χ1v) is 13.8. The first kappa shape index (κ1) is 28.4. The zero-order chi connectivity index (χ0) is 27.9. The Kier molecular flexibility index (Phi) is 9.41. The Hall–Kier alpha value is -3.65. The molecule has 5 nitrogen and oxygen atoms in total. The van der Waals surface area contributed by atoms with E-state index in [1.165, 1.54) is 36.0 Å². The molecule has 1 heterocycles. The van der Waals surface area contributed by atoms with Crippen LogP contribution in [0.15, 0.2) is 102 Å². The second-order valence-electron chi connectivity index (χ2n) is 8.10. The Balaban J connectivity index is 0.00000172. The predicted molar refractivity (Wildman–Crippen MR) is 156 cm³/mol. The van der Waals surface area contributed by atoms with Gasteiger partial charge in [-0.15, -0.1) is 10.2 Å². The van der Waals surface area contributed by atoms with Gasteiger partial charge in [0.2, 0.25) is 0 Å². The SMILES string of the molecule is CC.O=C(O)c1ccc(-n2c(SC(c3ccc(Cl)cc3)c3ccc(Cl)cc3)nnc2-c2cccc(F)c2)cc1. The van der Waals surface area contributed by atoms with Crippen LogP contribution in [-0.4, -0.2) is 25.8 Å². The van der Waals surface area contributed by atoms with Crippen molar-refractivity contribution in [1.82, 2.24) is 14.8 Å². The van der Waals surface area contributed by atoms with E-state index in [4.69, 9.17) is 23.2 Å². The van der Waals surface area contributed by atoms with E-state index in [2.05, 4.69) is 10.2 Å². The molecule has 0 saturated carbocycles. The second-order valence-corrected chi connectivity index (χ2v) is 10.1. The van der Waals surface area contributed by atoms with Gasteiger partial charge in [0.1, 0.15) is 5.82 Å². The fourth-order valence-corrected chi connectivity index (χ4v) is 5.29. The van der Waals surface area contributed by atoms with Crippen LogP contribution in [0.1, 0.15) is 40.6 Å². The van der Waals surface area contributed by atoms with Crippen molar-refractivity contribution in [2.45, 2.75) is 24.3 Å². The van der Waals surface area contributed by atoms with E-state index < -0.39 is 11.8 Å². The fourth-order valence-electron chi connectivity index (χ4n) is 3.86. The zero-order valence-corrected chi connectivity index (χ0v) is 23.4. The summed E-state index contributed by atoms with van der Waals surface area (Å²) < 4.78 is 15.9. The number of carbonyl (C=O) groups is 1. The Morgan fingerprint density at radius 1 is 0.846 bits per heavy atom. The number of aromatic nitrogens is 3. The maximum Gasteiger partial charge on any atom is 0.335 e. The molecule has 0 aliphatic carbocycles. The van der Waals surface area contributed by atoms with Gasteiger partial charge in [0.25, 0.3) is 0 Å². The summed E-state index contributed by atoms with van der Waals surface area (Å²) in [5, 5.41) is 19.8. The lowest BCUT2D eigenvalue weighted by Gasteiger charge is -2.19. The molecule has 198 valence electrons. The van der Waals surface area contributed by atoms with Gasteiger partial charge in [-0.1, -0.05) is 85.2 Å². The number of rotatable bonds is 7. The molecule has 0 radical (unpaired) electrons. The molecule has 39 heavy (non-hydrogen) atoms. The smallest absolute Gasteiger partial charge is 0.335 e. The predicted octanol–water partition coefficient (Wildman–Crippen LogP) is 8.99. The van der Waals surface area contributed by atoms with Gasteiger partial charge in [-0.05, 0) is 71.8 Å². The monoisotopic (exact) mass is 579 g/mol. The van der Waals surface area contributed by atoms with Crippen molar-refractivity contribution >= 4 is 40.9 Å². The highest BCUT2D eigenvalue weighted by atomic mass is 35.5. The number of hydrogen-bond acceptors (Lipinski definition) is 4. The number of carboxylic acid groups (broad SMARTS) is 1. The summed E-state index contributed by atoms with van der Waals surface area (Å²) in [7, 11) is 0. The Morgan fingerprint density at radius 2 is 1.41 bits per heavy atom. The van der Waals surface area contributed by atoms with Gasteiger partial charge >= 0.3 is 5.97 Å². The van der Waals surface area contributed by atoms with Crippen molar-refractivity contribution in [2.24, 2.45) is 0 Å². The minimum atomic E-state index is -1.03. The lowest BCUT2D eigenvalue weighted by Crippen LogP contribution is -2.04. The minimum Gasteiger partial charge on any atom is -0.478 e.